The second kappa shape index (κ2) is 10.1. The fourth-order valence-corrected chi connectivity index (χ4v) is 3.52. The van der Waals surface area contributed by atoms with Gasteiger partial charge in [-0.1, -0.05) is 43.7 Å². The topological polar surface area (TPSA) is 75.7 Å². The number of amides is 2. The Kier molecular flexibility index (Phi) is 7.22. The van der Waals surface area contributed by atoms with E-state index in [1.807, 2.05) is 44.2 Å². The molecule has 6 heteroatoms. The average molecular weight is 408 g/mol. The average Bonchev–Trinajstić information content (AvgIpc) is 3.16. The van der Waals surface area contributed by atoms with Gasteiger partial charge in [0.15, 0.2) is 0 Å². The van der Waals surface area contributed by atoms with Gasteiger partial charge in [0.1, 0.15) is 0 Å². The number of carbonyl (C=O) groups excluding carboxylic acids is 3. The van der Waals surface area contributed by atoms with Crippen LogP contribution in [0.4, 0.5) is 5.69 Å². The molecule has 158 valence electrons. The zero-order valence-corrected chi connectivity index (χ0v) is 17.5. The summed E-state index contributed by atoms with van der Waals surface area (Å²) in [6, 6.07) is 16.3. The number of hydrogen-bond acceptors (Lipinski definition) is 4. The lowest BCUT2D eigenvalue weighted by Gasteiger charge is -2.25. The Labute approximate surface area is 177 Å². The van der Waals surface area contributed by atoms with E-state index in [1.54, 1.807) is 29.2 Å². The number of esters is 1. The normalized spacial score (nSPS) is 16.9. The van der Waals surface area contributed by atoms with Crippen LogP contribution in [-0.2, 0) is 14.3 Å². The van der Waals surface area contributed by atoms with E-state index in [-0.39, 0.29) is 30.2 Å². The van der Waals surface area contributed by atoms with E-state index >= 15 is 0 Å². The molecular weight excluding hydrogens is 380 g/mol. The molecule has 2 aromatic rings. The summed E-state index contributed by atoms with van der Waals surface area (Å²) < 4.78 is 5.18. The highest BCUT2D eigenvalue weighted by Crippen LogP contribution is 2.29. The van der Waals surface area contributed by atoms with Gasteiger partial charge in [0.25, 0.3) is 0 Å². The fourth-order valence-electron chi connectivity index (χ4n) is 3.52. The van der Waals surface area contributed by atoms with Crippen molar-refractivity contribution in [2.24, 2.45) is 5.92 Å². The number of nitrogens with one attached hydrogen (secondary N) is 1. The molecular formula is C24H28N2O4. The molecule has 0 saturated carbocycles. The van der Waals surface area contributed by atoms with Gasteiger partial charge in [0.05, 0.1) is 24.1 Å². The van der Waals surface area contributed by atoms with Crippen molar-refractivity contribution in [3.8, 4) is 0 Å². The largest absolute Gasteiger partial charge is 0.462 e. The van der Waals surface area contributed by atoms with Crippen LogP contribution in [0.3, 0.4) is 0 Å². The van der Waals surface area contributed by atoms with Crippen molar-refractivity contribution >= 4 is 23.5 Å². The summed E-state index contributed by atoms with van der Waals surface area (Å²) in [6.07, 6.45) is 1.99. The molecule has 1 aliphatic heterocycles. The fraction of sp³-hybridized carbons (Fsp3) is 0.375. The minimum absolute atomic E-state index is 0.0170. The van der Waals surface area contributed by atoms with Crippen molar-refractivity contribution in [1.29, 1.82) is 0 Å². The zero-order chi connectivity index (χ0) is 21.5. The van der Waals surface area contributed by atoms with Crippen LogP contribution in [0.5, 0.6) is 0 Å². The SMILES string of the molecule is CCCCOC(=O)c1ccc(NC(=O)[C@@H]2CC(=O)N([C@H](C)c3ccccc3)C2)cc1. The summed E-state index contributed by atoms with van der Waals surface area (Å²) in [4.78, 5) is 38.9. The predicted octanol–water partition coefficient (Wildman–Crippen LogP) is 4.19. The van der Waals surface area contributed by atoms with Gasteiger partial charge in [0.2, 0.25) is 11.8 Å². The van der Waals surface area contributed by atoms with Gasteiger partial charge < -0.3 is 15.0 Å². The highest BCUT2D eigenvalue weighted by atomic mass is 16.5. The highest BCUT2D eigenvalue weighted by Gasteiger charge is 2.37. The zero-order valence-electron chi connectivity index (χ0n) is 17.5. The summed E-state index contributed by atoms with van der Waals surface area (Å²) >= 11 is 0. The van der Waals surface area contributed by atoms with Gasteiger partial charge in [0, 0.05) is 18.7 Å². The van der Waals surface area contributed by atoms with Crippen molar-refractivity contribution in [1.82, 2.24) is 4.90 Å². The lowest BCUT2D eigenvalue weighted by Crippen LogP contribution is -2.30. The third kappa shape index (κ3) is 5.26. The van der Waals surface area contributed by atoms with E-state index in [2.05, 4.69) is 5.32 Å². The molecule has 0 aliphatic carbocycles. The Morgan fingerprint density at radius 1 is 1.13 bits per heavy atom. The van der Waals surface area contributed by atoms with E-state index < -0.39 is 5.92 Å². The van der Waals surface area contributed by atoms with Crippen LogP contribution in [-0.4, -0.2) is 35.8 Å². The molecule has 1 fully saturated rings. The maximum Gasteiger partial charge on any atom is 0.338 e. The van der Waals surface area contributed by atoms with Gasteiger partial charge in [-0.3, -0.25) is 9.59 Å². The van der Waals surface area contributed by atoms with Crippen LogP contribution in [0.25, 0.3) is 0 Å². The van der Waals surface area contributed by atoms with Crippen LogP contribution in [0.15, 0.2) is 54.6 Å². The Hall–Kier alpha value is -3.15. The van der Waals surface area contributed by atoms with E-state index in [9.17, 15) is 14.4 Å². The Morgan fingerprint density at radius 2 is 1.83 bits per heavy atom. The molecule has 0 unspecified atom stereocenters. The Balaban J connectivity index is 1.56. The lowest BCUT2D eigenvalue weighted by atomic mass is 10.1. The molecule has 3 rings (SSSR count). The molecule has 0 aromatic heterocycles. The summed E-state index contributed by atoms with van der Waals surface area (Å²) in [7, 11) is 0. The first kappa shape index (κ1) is 21.6. The number of rotatable bonds is 8. The van der Waals surface area contributed by atoms with E-state index in [4.69, 9.17) is 4.74 Å². The van der Waals surface area contributed by atoms with Crippen LogP contribution in [0.2, 0.25) is 0 Å². The van der Waals surface area contributed by atoms with E-state index in [0.29, 0.717) is 24.4 Å². The molecule has 0 spiro atoms. The van der Waals surface area contributed by atoms with E-state index in [1.165, 1.54) is 0 Å². The van der Waals surface area contributed by atoms with Crippen molar-refractivity contribution in [2.75, 3.05) is 18.5 Å². The molecule has 2 atom stereocenters. The smallest absolute Gasteiger partial charge is 0.338 e. The molecule has 30 heavy (non-hydrogen) atoms. The number of unbranched alkanes of at least 4 members (excludes halogenated alkanes) is 1. The van der Waals surface area contributed by atoms with Crippen LogP contribution < -0.4 is 5.32 Å². The first-order chi connectivity index (χ1) is 14.5. The molecule has 2 aromatic carbocycles. The maximum absolute atomic E-state index is 12.7. The van der Waals surface area contributed by atoms with Gasteiger partial charge in [-0.15, -0.1) is 0 Å². The van der Waals surface area contributed by atoms with Gasteiger partial charge in [-0.05, 0) is 43.2 Å². The molecule has 1 aliphatic rings. The van der Waals surface area contributed by atoms with Crippen LogP contribution in [0.1, 0.15) is 55.1 Å². The van der Waals surface area contributed by atoms with E-state index in [0.717, 1.165) is 18.4 Å². The molecule has 2 amide bonds. The molecule has 0 radical (unpaired) electrons. The second-order valence-electron chi connectivity index (χ2n) is 7.59. The minimum Gasteiger partial charge on any atom is -0.462 e. The number of carbonyl (C=O) groups is 3. The van der Waals surface area contributed by atoms with Crippen LogP contribution in [0, 0.1) is 5.92 Å². The van der Waals surface area contributed by atoms with Crippen molar-refractivity contribution in [3.05, 3.63) is 65.7 Å². The third-order valence-electron chi connectivity index (χ3n) is 5.40. The number of hydrogen-bond donors (Lipinski definition) is 1. The van der Waals surface area contributed by atoms with Crippen molar-refractivity contribution in [3.63, 3.8) is 0 Å². The monoisotopic (exact) mass is 408 g/mol. The second-order valence-corrected chi connectivity index (χ2v) is 7.59. The standard InChI is InChI=1S/C24H28N2O4/c1-3-4-14-30-24(29)19-10-12-21(13-11-19)25-23(28)20-15-22(27)26(16-20)17(2)18-8-6-5-7-9-18/h5-13,17,20H,3-4,14-16H2,1-2H3,(H,25,28)/t17-,20-/m1/s1. The lowest BCUT2D eigenvalue weighted by molar-refractivity contribution is -0.129. The highest BCUT2D eigenvalue weighted by molar-refractivity contribution is 5.98. The summed E-state index contributed by atoms with van der Waals surface area (Å²) in [5.41, 5.74) is 2.09. The molecule has 1 N–H and O–H groups in total. The van der Waals surface area contributed by atoms with Gasteiger partial charge in [-0.25, -0.2) is 4.79 Å². The molecule has 1 heterocycles. The molecule has 6 nitrogen and oxygen atoms in total. The first-order valence-corrected chi connectivity index (χ1v) is 10.4. The van der Waals surface area contributed by atoms with Crippen molar-refractivity contribution in [2.45, 2.75) is 39.2 Å². The predicted molar refractivity (Wildman–Crippen MR) is 115 cm³/mol. The first-order valence-electron chi connectivity index (χ1n) is 10.4. The number of anilines is 1. The number of likely N-dealkylation sites (tertiary alicyclic amines) is 1. The summed E-state index contributed by atoms with van der Waals surface area (Å²) in [5.74, 6) is -0.975. The van der Waals surface area contributed by atoms with Crippen molar-refractivity contribution < 1.29 is 19.1 Å². The Bertz CT molecular complexity index is 880. The number of benzene rings is 2. The van der Waals surface area contributed by atoms with Gasteiger partial charge >= 0.3 is 5.97 Å². The van der Waals surface area contributed by atoms with Crippen LogP contribution >= 0.6 is 0 Å². The maximum atomic E-state index is 12.7. The minimum atomic E-state index is -0.401. The van der Waals surface area contributed by atoms with Gasteiger partial charge in [-0.2, -0.15) is 0 Å². The Morgan fingerprint density at radius 3 is 2.50 bits per heavy atom. The summed E-state index contributed by atoms with van der Waals surface area (Å²) in [6.45, 7) is 4.81. The molecule has 1 saturated heterocycles. The molecule has 0 bridgehead atoms. The number of ether oxygens (including phenoxy) is 1. The third-order valence-corrected chi connectivity index (χ3v) is 5.40. The quantitative estimate of drug-likeness (QED) is 0.525. The summed E-state index contributed by atoms with van der Waals surface area (Å²) in [5, 5.41) is 2.85. The number of nitrogens with zero attached hydrogens (tertiary/aromatic N) is 1.